The third-order valence-electron chi connectivity index (χ3n) is 1.88. The molecule has 1 aromatic rings. The Bertz CT molecular complexity index is 301. The van der Waals surface area contributed by atoms with Crippen LogP contribution in [-0.2, 0) is 11.2 Å². The second-order valence-corrected chi connectivity index (χ2v) is 3.42. The molecular weight excluding hydrogens is 196 g/mol. The Morgan fingerprint density at radius 3 is 2.57 bits per heavy atom. The van der Waals surface area contributed by atoms with E-state index in [2.05, 4.69) is 0 Å². The number of allylic oxidation sites excluding steroid dienone is 2. The van der Waals surface area contributed by atoms with Crippen molar-refractivity contribution in [2.24, 2.45) is 0 Å². The molecule has 0 saturated heterocycles. The predicted molar refractivity (Wildman–Crippen MR) is 59.2 cm³/mol. The Balaban J connectivity index is 2.31. The molecule has 0 aliphatic carbocycles. The lowest BCUT2D eigenvalue weighted by atomic mass is 10.1. The number of benzene rings is 1. The normalized spacial score (nSPS) is 10.6. The smallest absolute Gasteiger partial charge is 0.202 e. The van der Waals surface area contributed by atoms with Gasteiger partial charge in [0, 0.05) is 11.4 Å². The third kappa shape index (κ3) is 4.24. The van der Waals surface area contributed by atoms with E-state index in [-0.39, 0.29) is 0 Å². The van der Waals surface area contributed by atoms with Gasteiger partial charge in [0.1, 0.15) is 0 Å². The molecule has 0 atom stereocenters. The summed E-state index contributed by atoms with van der Waals surface area (Å²) in [6.07, 6.45) is 7.97. The van der Waals surface area contributed by atoms with Crippen LogP contribution in [0.3, 0.4) is 0 Å². The molecule has 73 valence electrons. The Kier molecular flexibility index (Phi) is 5.02. The minimum Gasteiger partial charge on any atom is -0.291 e. The molecular formula is C12H12ClO. The average Bonchev–Trinajstić information content (AvgIpc) is 2.21. The van der Waals surface area contributed by atoms with Gasteiger partial charge in [-0.1, -0.05) is 35.9 Å². The highest BCUT2D eigenvalue weighted by Crippen LogP contribution is 2.10. The van der Waals surface area contributed by atoms with E-state index in [9.17, 15) is 4.79 Å². The van der Waals surface area contributed by atoms with Gasteiger partial charge < -0.3 is 0 Å². The quantitative estimate of drug-likeness (QED) is 0.677. The fourth-order valence-electron chi connectivity index (χ4n) is 1.15. The van der Waals surface area contributed by atoms with Crippen molar-refractivity contribution in [1.29, 1.82) is 0 Å². The molecule has 0 saturated carbocycles. The lowest BCUT2D eigenvalue weighted by molar-refractivity contribution is 0.556. The first kappa shape index (κ1) is 11.0. The van der Waals surface area contributed by atoms with Crippen LogP contribution < -0.4 is 0 Å². The maximum atomic E-state index is 9.88. The molecule has 2 heteroatoms. The number of halogens is 1. The largest absolute Gasteiger partial charge is 0.291 e. The molecule has 0 fully saturated rings. The van der Waals surface area contributed by atoms with E-state index < -0.39 is 0 Å². The van der Waals surface area contributed by atoms with Gasteiger partial charge >= 0.3 is 0 Å². The Labute approximate surface area is 89.4 Å². The molecule has 1 aromatic carbocycles. The molecule has 0 heterocycles. The van der Waals surface area contributed by atoms with Gasteiger partial charge in [0.15, 0.2) is 0 Å². The third-order valence-corrected chi connectivity index (χ3v) is 2.13. The molecule has 1 nitrogen and oxygen atoms in total. The van der Waals surface area contributed by atoms with E-state index in [1.54, 1.807) is 0 Å². The van der Waals surface area contributed by atoms with Crippen molar-refractivity contribution in [3.63, 3.8) is 0 Å². The molecule has 0 unspecified atom stereocenters. The van der Waals surface area contributed by atoms with Crippen molar-refractivity contribution < 1.29 is 4.79 Å². The van der Waals surface area contributed by atoms with Crippen LogP contribution >= 0.6 is 11.6 Å². The Morgan fingerprint density at radius 2 is 1.93 bits per heavy atom. The van der Waals surface area contributed by atoms with Crippen LogP contribution in [-0.4, -0.2) is 6.29 Å². The predicted octanol–water partition coefficient (Wildman–Crippen LogP) is 3.33. The van der Waals surface area contributed by atoms with Gasteiger partial charge in [-0.05, 0) is 30.5 Å². The van der Waals surface area contributed by atoms with Gasteiger partial charge in [-0.25, -0.2) is 0 Å². The lowest BCUT2D eigenvalue weighted by Gasteiger charge is -1.97. The van der Waals surface area contributed by atoms with E-state index in [1.165, 1.54) is 5.56 Å². The SMILES string of the molecule is O=[C]CC=CCCc1ccc(Cl)cc1. The summed E-state index contributed by atoms with van der Waals surface area (Å²) >= 11 is 5.76. The topological polar surface area (TPSA) is 17.1 Å². The van der Waals surface area contributed by atoms with Crippen molar-refractivity contribution in [3.05, 3.63) is 47.0 Å². The molecule has 1 rings (SSSR count). The summed E-state index contributed by atoms with van der Waals surface area (Å²) in [5, 5.41) is 0.764. The van der Waals surface area contributed by atoms with Crippen molar-refractivity contribution in [2.75, 3.05) is 0 Å². The van der Waals surface area contributed by atoms with Crippen molar-refractivity contribution >= 4 is 17.9 Å². The summed E-state index contributed by atoms with van der Waals surface area (Å²) in [6, 6.07) is 7.81. The first-order valence-corrected chi connectivity index (χ1v) is 4.95. The minimum absolute atomic E-state index is 0.390. The maximum absolute atomic E-state index is 9.88. The first-order valence-electron chi connectivity index (χ1n) is 4.57. The van der Waals surface area contributed by atoms with Crippen LogP contribution in [0.5, 0.6) is 0 Å². The number of aryl methyl sites for hydroxylation is 1. The molecule has 0 amide bonds. The summed E-state index contributed by atoms with van der Waals surface area (Å²) in [5.41, 5.74) is 1.26. The molecule has 0 spiro atoms. The minimum atomic E-state index is 0.390. The van der Waals surface area contributed by atoms with E-state index in [4.69, 9.17) is 11.6 Å². The van der Waals surface area contributed by atoms with E-state index in [0.717, 1.165) is 17.9 Å². The second kappa shape index (κ2) is 6.39. The highest BCUT2D eigenvalue weighted by atomic mass is 35.5. The van der Waals surface area contributed by atoms with Gasteiger partial charge in [-0.2, -0.15) is 0 Å². The summed E-state index contributed by atoms with van der Waals surface area (Å²) in [4.78, 5) is 9.88. The number of hydrogen-bond donors (Lipinski definition) is 0. The van der Waals surface area contributed by atoms with Crippen LogP contribution in [0, 0.1) is 0 Å². The fraction of sp³-hybridized carbons (Fsp3) is 0.250. The van der Waals surface area contributed by atoms with Crippen molar-refractivity contribution in [1.82, 2.24) is 0 Å². The number of rotatable bonds is 5. The average molecular weight is 208 g/mol. The summed E-state index contributed by atoms with van der Waals surface area (Å²) in [5.74, 6) is 0. The van der Waals surface area contributed by atoms with Crippen LogP contribution in [0.1, 0.15) is 18.4 Å². The van der Waals surface area contributed by atoms with E-state index in [1.807, 2.05) is 42.7 Å². The molecule has 14 heavy (non-hydrogen) atoms. The fourth-order valence-corrected chi connectivity index (χ4v) is 1.28. The van der Waals surface area contributed by atoms with Crippen LogP contribution in [0.15, 0.2) is 36.4 Å². The zero-order valence-electron chi connectivity index (χ0n) is 7.87. The van der Waals surface area contributed by atoms with Gasteiger partial charge in [0.05, 0.1) is 0 Å². The highest BCUT2D eigenvalue weighted by molar-refractivity contribution is 6.30. The Morgan fingerprint density at radius 1 is 1.21 bits per heavy atom. The zero-order chi connectivity index (χ0) is 10.2. The lowest BCUT2D eigenvalue weighted by Crippen LogP contribution is -1.82. The molecule has 0 N–H and O–H groups in total. The number of hydrogen-bond acceptors (Lipinski definition) is 1. The number of carbonyl (C=O) groups excluding carboxylic acids is 1. The summed E-state index contributed by atoms with van der Waals surface area (Å²) in [7, 11) is 0. The highest BCUT2D eigenvalue weighted by Gasteiger charge is 1.90. The Hall–Kier alpha value is -1.08. The monoisotopic (exact) mass is 207 g/mol. The van der Waals surface area contributed by atoms with Gasteiger partial charge in [-0.3, -0.25) is 4.79 Å². The summed E-state index contributed by atoms with van der Waals surface area (Å²) in [6.45, 7) is 0. The van der Waals surface area contributed by atoms with Crippen molar-refractivity contribution in [3.8, 4) is 0 Å². The molecule has 0 bridgehead atoms. The standard InChI is InChI=1S/C12H12ClO/c13-12-8-6-11(7-9-12)5-3-1-2-4-10-14/h1-2,6-9H,3-5H2. The zero-order valence-corrected chi connectivity index (χ0v) is 8.63. The first-order chi connectivity index (χ1) is 6.83. The summed E-state index contributed by atoms with van der Waals surface area (Å²) < 4.78 is 0. The van der Waals surface area contributed by atoms with E-state index >= 15 is 0 Å². The maximum Gasteiger partial charge on any atom is 0.202 e. The van der Waals surface area contributed by atoms with Crippen molar-refractivity contribution in [2.45, 2.75) is 19.3 Å². The van der Waals surface area contributed by atoms with Gasteiger partial charge in [0.2, 0.25) is 6.29 Å². The van der Waals surface area contributed by atoms with Gasteiger partial charge in [-0.15, -0.1) is 0 Å². The second-order valence-electron chi connectivity index (χ2n) is 2.99. The van der Waals surface area contributed by atoms with Crippen LogP contribution in [0.4, 0.5) is 0 Å². The molecule has 0 aromatic heterocycles. The van der Waals surface area contributed by atoms with Gasteiger partial charge in [0.25, 0.3) is 0 Å². The van der Waals surface area contributed by atoms with Crippen LogP contribution in [0.2, 0.25) is 5.02 Å². The van der Waals surface area contributed by atoms with E-state index in [0.29, 0.717) is 6.42 Å². The van der Waals surface area contributed by atoms with Crippen LogP contribution in [0.25, 0.3) is 0 Å². The molecule has 0 aliphatic rings. The molecule has 0 aliphatic heterocycles. The molecule has 1 radical (unpaired) electrons.